The smallest absolute Gasteiger partial charge is 0.0368 e. The Hall–Kier alpha value is -0.980. The molecular formula is C14H23N. The maximum atomic E-state index is 2.30. The highest BCUT2D eigenvalue weighted by Crippen LogP contribution is 2.26. The Morgan fingerprint density at radius 2 is 1.73 bits per heavy atom. The fourth-order valence-electron chi connectivity index (χ4n) is 1.49. The van der Waals surface area contributed by atoms with Gasteiger partial charge in [0.05, 0.1) is 0 Å². The van der Waals surface area contributed by atoms with Crippen molar-refractivity contribution in [3.05, 3.63) is 29.8 Å². The molecule has 1 nitrogen and oxygen atoms in total. The third kappa shape index (κ3) is 2.98. The largest absolute Gasteiger partial charge is 0.372 e. The number of rotatable bonds is 2. The van der Waals surface area contributed by atoms with E-state index in [1.54, 1.807) is 0 Å². The molecule has 0 saturated heterocycles. The molecule has 0 N–H and O–H groups in total. The van der Waals surface area contributed by atoms with Crippen molar-refractivity contribution in [1.82, 2.24) is 0 Å². The summed E-state index contributed by atoms with van der Waals surface area (Å²) in [5.74, 6) is 0. The Balaban J connectivity index is 3.03. The first-order chi connectivity index (χ1) is 6.82. The molecule has 1 aromatic carbocycles. The fraction of sp³-hybridized carbons (Fsp3) is 0.571. The van der Waals surface area contributed by atoms with Gasteiger partial charge in [-0.15, -0.1) is 0 Å². The van der Waals surface area contributed by atoms with Crippen molar-refractivity contribution in [1.29, 1.82) is 0 Å². The zero-order valence-electron chi connectivity index (χ0n) is 10.8. The van der Waals surface area contributed by atoms with E-state index in [9.17, 15) is 0 Å². The van der Waals surface area contributed by atoms with E-state index in [1.807, 2.05) is 0 Å². The van der Waals surface area contributed by atoms with Crippen LogP contribution in [0.2, 0.25) is 0 Å². The van der Waals surface area contributed by atoms with Crippen LogP contribution in [-0.2, 0) is 5.41 Å². The summed E-state index contributed by atoms with van der Waals surface area (Å²) in [4.78, 5) is 2.30. The molecule has 0 fully saturated rings. The van der Waals surface area contributed by atoms with Crippen molar-refractivity contribution in [3.8, 4) is 0 Å². The van der Waals surface area contributed by atoms with Gasteiger partial charge in [0.25, 0.3) is 0 Å². The SMILES string of the molecule is CC(C)N(C)c1cccc(C(C)(C)C)c1. The van der Waals surface area contributed by atoms with E-state index in [0.717, 1.165) is 0 Å². The Morgan fingerprint density at radius 3 is 2.20 bits per heavy atom. The summed E-state index contributed by atoms with van der Waals surface area (Å²) in [7, 11) is 2.15. The van der Waals surface area contributed by atoms with E-state index in [-0.39, 0.29) is 5.41 Å². The molecule has 84 valence electrons. The maximum absolute atomic E-state index is 2.30. The minimum absolute atomic E-state index is 0.230. The van der Waals surface area contributed by atoms with Crippen molar-refractivity contribution in [2.45, 2.75) is 46.1 Å². The topological polar surface area (TPSA) is 3.24 Å². The van der Waals surface area contributed by atoms with E-state index in [0.29, 0.717) is 6.04 Å². The van der Waals surface area contributed by atoms with Crippen LogP contribution in [0.1, 0.15) is 40.2 Å². The summed E-state index contributed by atoms with van der Waals surface area (Å²) < 4.78 is 0. The summed E-state index contributed by atoms with van der Waals surface area (Å²) >= 11 is 0. The highest BCUT2D eigenvalue weighted by atomic mass is 15.1. The van der Waals surface area contributed by atoms with Gasteiger partial charge in [-0.25, -0.2) is 0 Å². The highest BCUT2D eigenvalue weighted by Gasteiger charge is 2.14. The summed E-state index contributed by atoms with van der Waals surface area (Å²) in [6.07, 6.45) is 0. The number of hydrogen-bond donors (Lipinski definition) is 0. The number of nitrogens with zero attached hydrogens (tertiary/aromatic N) is 1. The van der Waals surface area contributed by atoms with Crippen LogP contribution in [0, 0.1) is 0 Å². The standard InChI is InChI=1S/C14H23N/c1-11(2)15(6)13-9-7-8-12(10-13)14(3,4)5/h7-11H,1-6H3. The summed E-state index contributed by atoms with van der Waals surface area (Å²) in [6, 6.07) is 9.36. The van der Waals surface area contributed by atoms with Gasteiger partial charge in [0.1, 0.15) is 0 Å². The molecular weight excluding hydrogens is 182 g/mol. The van der Waals surface area contributed by atoms with E-state index in [2.05, 4.69) is 70.8 Å². The van der Waals surface area contributed by atoms with Gasteiger partial charge < -0.3 is 4.90 Å². The lowest BCUT2D eigenvalue weighted by Crippen LogP contribution is -2.26. The Labute approximate surface area is 94.1 Å². The Bertz CT molecular complexity index is 320. The average molecular weight is 205 g/mol. The molecule has 0 aliphatic heterocycles. The van der Waals surface area contributed by atoms with Gasteiger partial charge in [0.2, 0.25) is 0 Å². The van der Waals surface area contributed by atoms with Crippen LogP contribution < -0.4 is 4.90 Å². The molecule has 15 heavy (non-hydrogen) atoms. The van der Waals surface area contributed by atoms with Crippen LogP contribution in [0.4, 0.5) is 5.69 Å². The first kappa shape index (κ1) is 12.1. The average Bonchev–Trinajstić information content (AvgIpc) is 2.15. The first-order valence-electron chi connectivity index (χ1n) is 5.66. The number of benzene rings is 1. The van der Waals surface area contributed by atoms with Crippen molar-refractivity contribution < 1.29 is 0 Å². The summed E-state index contributed by atoms with van der Waals surface area (Å²) in [5.41, 5.74) is 2.93. The molecule has 1 aromatic rings. The highest BCUT2D eigenvalue weighted by molar-refractivity contribution is 5.49. The molecule has 0 unspecified atom stereocenters. The van der Waals surface area contributed by atoms with Gasteiger partial charge in [-0.2, -0.15) is 0 Å². The van der Waals surface area contributed by atoms with Crippen LogP contribution in [0.3, 0.4) is 0 Å². The number of anilines is 1. The van der Waals surface area contributed by atoms with E-state index >= 15 is 0 Å². The molecule has 0 bridgehead atoms. The lowest BCUT2D eigenvalue weighted by Gasteiger charge is -2.26. The van der Waals surface area contributed by atoms with E-state index < -0.39 is 0 Å². The molecule has 0 aliphatic carbocycles. The minimum Gasteiger partial charge on any atom is -0.372 e. The van der Waals surface area contributed by atoms with Crippen LogP contribution in [0.5, 0.6) is 0 Å². The van der Waals surface area contributed by atoms with Gasteiger partial charge >= 0.3 is 0 Å². The molecule has 0 atom stereocenters. The lowest BCUT2D eigenvalue weighted by molar-refractivity contribution is 0.589. The predicted octanol–water partition coefficient (Wildman–Crippen LogP) is 3.83. The zero-order chi connectivity index (χ0) is 11.6. The molecule has 0 saturated carbocycles. The lowest BCUT2D eigenvalue weighted by atomic mass is 9.87. The van der Waals surface area contributed by atoms with Gasteiger partial charge in [0, 0.05) is 18.8 Å². The van der Waals surface area contributed by atoms with Crippen molar-refractivity contribution in [3.63, 3.8) is 0 Å². The maximum Gasteiger partial charge on any atom is 0.0368 e. The number of hydrogen-bond acceptors (Lipinski definition) is 1. The van der Waals surface area contributed by atoms with Crippen molar-refractivity contribution in [2.75, 3.05) is 11.9 Å². The predicted molar refractivity (Wildman–Crippen MR) is 68.7 cm³/mol. The van der Waals surface area contributed by atoms with Gasteiger partial charge in [-0.1, -0.05) is 32.9 Å². The molecule has 0 radical (unpaired) electrons. The summed E-state index contributed by atoms with van der Waals surface area (Å²) in [6.45, 7) is 11.2. The van der Waals surface area contributed by atoms with Crippen LogP contribution >= 0.6 is 0 Å². The second-order valence-electron chi connectivity index (χ2n) is 5.50. The fourth-order valence-corrected chi connectivity index (χ4v) is 1.49. The minimum atomic E-state index is 0.230. The molecule has 1 heteroatoms. The third-order valence-corrected chi connectivity index (χ3v) is 2.89. The van der Waals surface area contributed by atoms with Gasteiger partial charge in [-0.05, 0) is 37.0 Å². The van der Waals surface area contributed by atoms with Crippen LogP contribution in [-0.4, -0.2) is 13.1 Å². The third-order valence-electron chi connectivity index (χ3n) is 2.89. The van der Waals surface area contributed by atoms with E-state index in [1.165, 1.54) is 11.3 Å². The summed E-state index contributed by atoms with van der Waals surface area (Å²) in [5, 5.41) is 0. The van der Waals surface area contributed by atoms with Crippen molar-refractivity contribution in [2.24, 2.45) is 0 Å². The molecule has 0 aromatic heterocycles. The normalized spacial score (nSPS) is 11.9. The first-order valence-corrected chi connectivity index (χ1v) is 5.66. The monoisotopic (exact) mass is 205 g/mol. The second-order valence-corrected chi connectivity index (χ2v) is 5.50. The molecule has 0 heterocycles. The quantitative estimate of drug-likeness (QED) is 0.709. The molecule has 0 spiro atoms. The van der Waals surface area contributed by atoms with Crippen molar-refractivity contribution >= 4 is 5.69 Å². The molecule has 0 aliphatic rings. The Morgan fingerprint density at radius 1 is 1.13 bits per heavy atom. The Kier molecular flexibility index (Phi) is 3.43. The van der Waals surface area contributed by atoms with Crippen LogP contribution in [0.25, 0.3) is 0 Å². The molecule has 0 amide bonds. The van der Waals surface area contributed by atoms with Gasteiger partial charge in [-0.3, -0.25) is 0 Å². The zero-order valence-corrected chi connectivity index (χ0v) is 10.8. The molecule has 1 rings (SSSR count). The van der Waals surface area contributed by atoms with E-state index in [4.69, 9.17) is 0 Å². The second kappa shape index (κ2) is 4.26. The van der Waals surface area contributed by atoms with Gasteiger partial charge in [0.15, 0.2) is 0 Å². The van der Waals surface area contributed by atoms with Crippen LogP contribution in [0.15, 0.2) is 24.3 Å².